The van der Waals surface area contributed by atoms with Gasteiger partial charge in [-0.2, -0.15) is 0 Å². The second-order valence-electron chi connectivity index (χ2n) is 8.01. The van der Waals surface area contributed by atoms with Crippen molar-refractivity contribution in [3.63, 3.8) is 0 Å². The molecule has 0 unspecified atom stereocenters. The molecule has 7 nitrogen and oxygen atoms in total. The zero-order valence-corrected chi connectivity index (χ0v) is 17.8. The summed E-state index contributed by atoms with van der Waals surface area (Å²) >= 11 is 1.03. The molecule has 0 atom stereocenters. The van der Waals surface area contributed by atoms with E-state index in [1.54, 1.807) is 11.6 Å². The molecule has 0 aliphatic carbocycles. The minimum absolute atomic E-state index is 0.00598. The zero-order valence-electron chi connectivity index (χ0n) is 16.2. The number of nitrogens with one attached hydrogen (secondary N) is 1. The lowest BCUT2D eigenvalue weighted by Gasteiger charge is -2.16. The third-order valence-electron chi connectivity index (χ3n) is 4.22. The van der Waals surface area contributed by atoms with E-state index >= 15 is 0 Å². The van der Waals surface area contributed by atoms with Crippen LogP contribution in [0.1, 0.15) is 20.8 Å². The molecular formula is C20H20N4O3S2. The molecule has 4 aromatic rings. The molecule has 0 radical (unpaired) electrons. The predicted molar refractivity (Wildman–Crippen MR) is 114 cm³/mol. The third-order valence-corrected chi connectivity index (χ3v) is 7.77. The molecular weight excluding hydrogens is 408 g/mol. The van der Waals surface area contributed by atoms with Gasteiger partial charge in [0, 0.05) is 17.1 Å². The maximum atomic E-state index is 12.8. The zero-order chi connectivity index (χ0) is 20.8. The number of H-pyrrole nitrogens is 1. The summed E-state index contributed by atoms with van der Waals surface area (Å²) in [6.45, 7) is 5.59. The van der Waals surface area contributed by atoms with E-state index in [-0.39, 0.29) is 26.9 Å². The first-order chi connectivity index (χ1) is 13.6. The van der Waals surface area contributed by atoms with E-state index in [1.807, 2.05) is 57.2 Å². The van der Waals surface area contributed by atoms with Crippen molar-refractivity contribution < 1.29 is 8.42 Å². The molecule has 4 rings (SSSR count). The van der Waals surface area contributed by atoms with Crippen LogP contribution in [0.3, 0.4) is 0 Å². The number of rotatable bonds is 4. The van der Waals surface area contributed by atoms with Crippen LogP contribution in [-0.2, 0) is 9.84 Å². The molecule has 0 bridgehead atoms. The van der Waals surface area contributed by atoms with E-state index in [9.17, 15) is 13.2 Å². The number of benzene rings is 1. The normalized spacial score (nSPS) is 12.5. The molecule has 0 aliphatic heterocycles. The van der Waals surface area contributed by atoms with Gasteiger partial charge in [0.2, 0.25) is 14.2 Å². The predicted octanol–water partition coefficient (Wildman–Crippen LogP) is 3.63. The van der Waals surface area contributed by atoms with Crippen molar-refractivity contribution in [2.45, 2.75) is 25.1 Å². The Morgan fingerprint density at radius 3 is 2.55 bits per heavy atom. The van der Waals surface area contributed by atoms with Crippen molar-refractivity contribution in [3.8, 4) is 22.6 Å². The van der Waals surface area contributed by atoms with Crippen LogP contribution in [0, 0.1) is 5.41 Å². The quantitative estimate of drug-likeness (QED) is 0.535. The van der Waals surface area contributed by atoms with E-state index in [1.165, 1.54) is 4.52 Å². The van der Waals surface area contributed by atoms with Crippen LogP contribution >= 0.6 is 11.3 Å². The Balaban J connectivity index is 1.75. The topological polar surface area (TPSA) is 97.2 Å². The minimum Gasteiger partial charge on any atom is -0.302 e. The summed E-state index contributed by atoms with van der Waals surface area (Å²) < 4.78 is 26.7. The van der Waals surface area contributed by atoms with Gasteiger partial charge in [-0.25, -0.2) is 17.9 Å². The Kier molecular flexibility index (Phi) is 4.66. The average Bonchev–Trinajstić information content (AvgIpc) is 3.28. The first-order valence-corrected chi connectivity index (χ1v) is 11.5. The van der Waals surface area contributed by atoms with Crippen LogP contribution in [0.15, 0.2) is 57.1 Å². The second-order valence-corrected chi connectivity index (χ2v) is 11.0. The van der Waals surface area contributed by atoms with Crippen molar-refractivity contribution in [1.29, 1.82) is 0 Å². The molecule has 0 aliphatic rings. The summed E-state index contributed by atoms with van der Waals surface area (Å²) in [7, 11) is -3.51. The van der Waals surface area contributed by atoms with Gasteiger partial charge in [0.15, 0.2) is 5.82 Å². The van der Waals surface area contributed by atoms with Crippen molar-refractivity contribution in [1.82, 2.24) is 19.6 Å². The van der Waals surface area contributed by atoms with Crippen LogP contribution in [0.4, 0.5) is 0 Å². The highest BCUT2D eigenvalue weighted by atomic mass is 32.2. The van der Waals surface area contributed by atoms with E-state index in [0.29, 0.717) is 11.2 Å². The number of aromatic nitrogens is 4. The molecule has 29 heavy (non-hydrogen) atoms. The monoisotopic (exact) mass is 428 g/mol. The lowest BCUT2D eigenvalue weighted by molar-refractivity contribution is 0.461. The highest BCUT2D eigenvalue weighted by Gasteiger charge is 2.27. The molecule has 0 amide bonds. The number of thiazole rings is 1. The number of hydrogen-bond donors (Lipinski definition) is 1. The maximum absolute atomic E-state index is 12.8. The molecule has 0 saturated heterocycles. The van der Waals surface area contributed by atoms with Gasteiger partial charge in [0.25, 0.3) is 5.56 Å². The van der Waals surface area contributed by atoms with Gasteiger partial charge in [-0.05, 0) is 17.0 Å². The average molecular weight is 429 g/mol. The Hall–Kier alpha value is -2.78. The Morgan fingerprint density at radius 2 is 1.86 bits per heavy atom. The van der Waals surface area contributed by atoms with Crippen molar-refractivity contribution in [2.24, 2.45) is 5.41 Å². The number of aromatic amines is 1. The number of nitrogens with zero attached hydrogens (tertiary/aromatic N) is 3. The highest BCUT2D eigenvalue weighted by molar-refractivity contribution is 7.93. The fraction of sp³-hybridized carbons (Fsp3) is 0.250. The van der Waals surface area contributed by atoms with Crippen molar-refractivity contribution in [3.05, 3.63) is 58.3 Å². The fourth-order valence-electron chi connectivity index (χ4n) is 3.14. The molecule has 1 N–H and O–H groups in total. The summed E-state index contributed by atoms with van der Waals surface area (Å²) in [6.07, 6.45) is 1.71. The van der Waals surface area contributed by atoms with E-state index in [2.05, 4.69) is 15.1 Å². The smallest absolute Gasteiger partial charge is 0.276 e. The minimum atomic E-state index is -3.51. The van der Waals surface area contributed by atoms with Crippen molar-refractivity contribution in [2.75, 3.05) is 5.75 Å². The van der Waals surface area contributed by atoms with Gasteiger partial charge in [-0.3, -0.25) is 4.79 Å². The van der Waals surface area contributed by atoms with E-state index in [4.69, 9.17) is 0 Å². The second kappa shape index (κ2) is 6.93. The standard InChI is InChI=1S/C20H20N4O3S2/c1-20(2,3)12-29(26,27)19-21-15(11-28-19)17-22-18(25)16-14(9-10-24(16)23-17)13-7-5-4-6-8-13/h4-11H,12H2,1-3H3,(H,22,23,25). The lowest BCUT2D eigenvalue weighted by Crippen LogP contribution is -2.20. The molecule has 3 aromatic heterocycles. The van der Waals surface area contributed by atoms with Gasteiger partial charge in [0.05, 0.1) is 5.75 Å². The summed E-state index contributed by atoms with van der Waals surface area (Å²) in [6, 6.07) is 11.4. The van der Waals surface area contributed by atoms with Crippen LogP contribution in [-0.4, -0.2) is 33.8 Å². The maximum Gasteiger partial charge on any atom is 0.276 e. The van der Waals surface area contributed by atoms with Crippen LogP contribution < -0.4 is 5.56 Å². The highest BCUT2D eigenvalue weighted by Crippen LogP contribution is 2.28. The Bertz CT molecular complexity index is 1340. The van der Waals surface area contributed by atoms with Gasteiger partial charge >= 0.3 is 0 Å². The first-order valence-electron chi connectivity index (χ1n) is 9.00. The molecule has 3 heterocycles. The van der Waals surface area contributed by atoms with Gasteiger partial charge < -0.3 is 4.98 Å². The lowest BCUT2D eigenvalue weighted by atomic mass is 10.0. The molecule has 0 fully saturated rings. The SMILES string of the molecule is CC(C)(C)CS(=O)(=O)c1nc(-c2nn3ccc(-c4ccccc4)c3c(=O)[nH]2)cs1. The third kappa shape index (κ3) is 3.88. The summed E-state index contributed by atoms with van der Waals surface area (Å²) in [5.74, 6) is 0.222. The fourth-order valence-corrected chi connectivity index (χ4v) is 6.07. The van der Waals surface area contributed by atoms with Crippen LogP contribution in [0.25, 0.3) is 28.2 Å². The van der Waals surface area contributed by atoms with Gasteiger partial charge in [-0.1, -0.05) is 51.1 Å². The molecule has 9 heteroatoms. The number of sulfone groups is 1. The molecule has 0 spiro atoms. The van der Waals surface area contributed by atoms with Gasteiger partial charge in [0.1, 0.15) is 11.2 Å². The van der Waals surface area contributed by atoms with E-state index in [0.717, 1.165) is 22.5 Å². The first kappa shape index (κ1) is 19.5. The molecule has 0 saturated carbocycles. The molecule has 1 aromatic carbocycles. The summed E-state index contributed by atoms with van der Waals surface area (Å²) in [5.41, 5.74) is 1.75. The Labute approximate surface area is 172 Å². The van der Waals surface area contributed by atoms with Gasteiger partial charge in [-0.15, -0.1) is 16.4 Å². The van der Waals surface area contributed by atoms with Crippen molar-refractivity contribution >= 4 is 26.7 Å². The van der Waals surface area contributed by atoms with Crippen LogP contribution in [0.5, 0.6) is 0 Å². The van der Waals surface area contributed by atoms with E-state index < -0.39 is 9.84 Å². The summed E-state index contributed by atoms with van der Waals surface area (Å²) in [4.78, 5) is 19.7. The Morgan fingerprint density at radius 1 is 1.14 bits per heavy atom. The number of hydrogen-bond acceptors (Lipinski definition) is 6. The van der Waals surface area contributed by atoms with Crippen LogP contribution in [0.2, 0.25) is 0 Å². The largest absolute Gasteiger partial charge is 0.302 e. The molecule has 150 valence electrons. The number of fused-ring (bicyclic) bond motifs is 1. The summed E-state index contributed by atoms with van der Waals surface area (Å²) in [5, 5.41) is 6.03.